The maximum Gasteiger partial charge on any atom is 0.371 e. The van der Waals surface area contributed by atoms with E-state index in [-0.39, 0.29) is 5.82 Å². The fraction of sp³-hybridized carbons (Fsp3) is 0.0435. The Labute approximate surface area is 181 Å². The minimum Gasteiger partial charge on any atom is -0.475 e. The van der Waals surface area contributed by atoms with Crippen molar-refractivity contribution >= 4 is 28.6 Å². The molecule has 0 amide bonds. The first-order chi connectivity index (χ1) is 15.0. The number of aromatic amines is 1. The zero-order chi connectivity index (χ0) is 21.5. The van der Waals surface area contributed by atoms with Gasteiger partial charge in [0.2, 0.25) is 5.82 Å². The van der Waals surface area contributed by atoms with Crippen molar-refractivity contribution in [1.82, 2.24) is 25.0 Å². The number of aromatic nitrogens is 5. The normalized spacial score (nSPS) is 11.2. The van der Waals surface area contributed by atoms with Crippen LogP contribution in [0.5, 0.6) is 0 Å². The van der Waals surface area contributed by atoms with E-state index in [1.54, 1.807) is 10.7 Å². The van der Waals surface area contributed by atoms with Gasteiger partial charge in [-0.1, -0.05) is 58.8 Å². The van der Waals surface area contributed by atoms with E-state index in [1.165, 1.54) is 0 Å². The summed E-state index contributed by atoms with van der Waals surface area (Å²) in [5.41, 5.74) is 5.97. The Bertz CT molecular complexity index is 1450. The molecule has 2 heterocycles. The summed E-state index contributed by atoms with van der Waals surface area (Å²) in [5, 5.41) is 18.5. The Kier molecular flexibility index (Phi) is 4.52. The molecule has 3 aromatic carbocycles. The number of hydrogen-bond acceptors (Lipinski definition) is 4. The molecule has 0 bridgehead atoms. The average molecular weight is 430 g/mol. The van der Waals surface area contributed by atoms with Crippen LogP contribution in [0.25, 0.3) is 39.2 Å². The molecule has 2 aromatic heterocycles. The first-order valence-corrected chi connectivity index (χ1v) is 9.90. The van der Waals surface area contributed by atoms with E-state index in [2.05, 4.69) is 20.3 Å². The van der Waals surface area contributed by atoms with Crippen LogP contribution >= 0.6 is 11.6 Å². The molecule has 152 valence electrons. The van der Waals surface area contributed by atoms with Crippen molar-refractivity contribution in [2.45, 2.75) is 6.92 Å². The predicted molar refractivity (Wildman–Crippen MR) is 119 cm³/mol. The number of aromatic carboxylic acids is 1. The number of para-hydroxylation sites is 1. The summed E-state index contributed by atoms with van der Waals surface area (Å²) < 4.78 is 1.67. The van der Waals surface area contributed by atoms with Crippen molar-refractivity contribution in [2.24, 2.45) is 0 Å². The van der Waals surface area contributed by atoms with Gasteiger partial charge in [-0.3, -0.25) is 0 Å². The van der Waals surface area contributed by atoms with Gasteiger partial charge in [-0.05, 0) is 37.3 Å². The van der Waals surface area contributed by atoms with Crippen LogP contribution < -0.4 is 0 Å². The quantitative estimate of drug-likeness (QED) is 0.412. The Balaban J connectivity index is 1.72. The number of aryl methyl sites for hydroxylation is 1. The van der Waals surface area contributed by atoms with Crippen LogP contribution in [-0.4, -0.2) is 36.0 Å². The lowest BCUT2D eigenvalue weighted by atomic mass is 10.0. The number of H-pyrrole nitrogens is 1. The molecule has 0 aliphatic heterocycles. The van der Waals surface area contributed by atoms with Gasteiger partial charge >= 0.3 is 5.97 Å². The highest BCUT2D eigenvalue weighted by Crippen LogP contribution is 2.33. The number of rotatable bonds is 4. The second-order valence-corrected chi connectivity index (χ2v) is 7.55. The van der Waals surface area contributed by atoms with Crippen molar-refractivity contribution in [3.05, 3.63) is 83.1 Å². The molecule has 0 aliphatic carbocycles. The maximum absolute atomic E-state index is 11.6. The van der Waals surface area contributed by atoms with Crippen molar-refractivity contribution in [3.63, 3.8) is 0 Å². The SMILES string of the molecule is Cc1cccc(-c2nc(C(=O)O)[nH]c2-c2ccc3nnn(-c4ccccc4Cl)c3c2)c1. The first-order valence-electron chi connectivity index (χ1n) is 9.52. The van der Waals surface area contributed by atoms with Gasteiger partial charge in [0.05, 0.1) is 27.6 Å². The van der Waals surface area contributed by atoms with E-state index >= 15 is 0 Å². The third-order valence-electron chi connectivity index (χ3n) is 5.01. The van der Waals surface area contributed by atoms with Crippen LogP contribution in [0.4, 0.5) is 0 Å². The number of benzene rings is 3. The van der Waals surface area contributed by atoms with Crippen LogP contribution in [0.1, 0.15) is 16.2 Å². The van der Waals surface area contributed by atoms with Gasteiger partial charge in [-0.2, -0.15) is 0 Å². The molecule has 5 rings (SSSR count). The average Bonchev–Trinajstić information content (AvgIpc) is 3.38. The molecule has 0 radical (unpaired) electrons. The number of fused-ring (bicyclic) bond motifs is 1. The molecule has 0 atom stereocenters. The Hall–Kier alpha value is -3.97. The molecule has 0 aliphatic rings. The van der Waals surface area contributed by atoms with Gasteiger partial charge < -0.3 is 10.1 Å². The number of carboxylic acids is 1. The lowest BCUT2D eigenvalue weighted by Crippen LogP contribution is -1.98. The third kappa shape index (κ3) is 3.35. The van der Waals surface area contributed by atoms with Gasteiger partial charge in [0, 0.05) is 11.1 Å². The molecule has 0 spiro atoms. The first kappa shape index (κ1) is 19.0. The summed E-state index contributed by atoms with van der Waals surface area (Å²) >= 11 is 6.36. The summed E-state index contributed by atoms with van der Waals surface area (Å²) in [4.78, 5) is 18.9. The Morgan fingerprint density at radius 1 is 1.03 bits per heavy atom. The van der Waals surface area contributed by atoms with Crippen LogP contribution in [0.2, 0.25) is 5.02 Å². The van der Waals surface area contributed by atoms with E-state index in [9.17, 15) is 9.90 Å². The molecule has 0 saturated heterocycles. The van der Waals surface area contributed by atoms with Crippen molar-refractivity contribution in [2.75, 3.05) is 0 Å². The van der Waals surface area contributed by atoms with E-state index < -0.39 is 5.97 Å². The number of halogens is 1. The van der Waals surface area contributed by atoms with Crippen molar-refractivity contribution in [1.29, 1.82) is 0 Å². The van der Waals surface area contributed by atoms with Crippen LogP contribution in [-0.2, 0) is 0 Å². The highest BCUT2D eigenvalue weighted by Gasteiger charge is 2.19. The smallest absolute Gasteiger partial charge is 0.371 e. The van der Waals surface area contributed by atoms with Gasteiger partial charge in [0.25, 0.3) is 0 Å². The topological polar surface area (TPSA) is 96.7 Å². The Morgan fingerprint density at radius 3 is 2.65 bits per heavy atom. The summed E-state index contributed by atoms with van der Waals surface area (Å²) in [6, 6.07) is 20.8. The number of hydrogen-bond donors (Lipinski definition) is 2. The minimum atomic E-state index is -1.12. The molecule has 0 unspecified atom stereocenters. The minimum absolute atomic E-state index is 0.121. The van der Waals surface area contributed by atoms with Gasteiger partial charge in [0.1, 0.15) is 5.52 Å². The maximum atomic E-state index is 11.6. The van der Waals surface area contributed by atoms with E-state index in [1.807, 2.05) is 67.6 Å². The number of nitrogens with zero attached hydrogens (tertiary/aromatic N) is 4. The molecule has 2 N–H and O–H groups in total. The number of imidazole rings is 1. The number of carbonyl (C=O) groups is 1. The molecular formula is C23H16ClN5O2. The van der Waals surface area contributed by atoms with Gasteiger partial charge in [-0.15, -0.1) is 5.10 Å². The Morgan fingerprint density at radius 2 is 1.87 bits per heavy atom. The summed E-state index contributed by atoms with van der Waals surface area (Å²) in [5.74, 6) is -1.24. The predicted octanol–water partition coefficient (Wildman–Crippen LogP) is 5.14. The summed E-state index contributed by atoms with van der Waals surface area (Å²) in [6.45, 7) is 1.98. The van der Waals surface area contributed by atoms with Crippen LogP contribution in [0.3, 0.4) is 0 Å². The fourth-order valence-corrected chi connectivity index (χ4v) is 3.78. The standard InChI is InChI=1S/C23H16ClN5O2/c1-13-5-4-6-14(11-13)20-21(26-22(25-20)23(30)31)15-9-10-17-19(12-15)29(28-27-17)18-8-3-2-7-16(18)24/h2-12H,1H3,(H,25,26)(H,30,31). The zero-order valence-electron chi connectivity index (χ0n) is 16.4. The van der Waals surface area contributed by atoms with E-state index in [0.717, 1.165) is 22.2 Å². The molecular weight excluding hydrogens is 414 g/mol. The number of nitrogens with one attached hydrogen (secondary N) is 1. The summed E-state index contributed by atoms with van der Waals surface area (Å²) in [7, 11) is 0. The second kappa shape index (κ2) is 7.37. The molecule has 5 aromatic rings. The lowest BCUT2D eigenvalue weighted by Gasteiger charge is -2.07. The summed E-state index contributed by atoms with van der Waals surface area (Å²) in [6.07, 6.45) is 0. The third-order valence-corrected chi connectivity index (χ3v) is 5.33. The molecule has 31 heavy (non-hydrogen) atoms. The zero-order valence-corrected chi connectivity index (χ0v) is 17.1. The largest absolute Gasteiger partial charge is 0.475 e. The monoisotopic (exact) mass is 429 g/mol. The van der Waals surface area contributed by atoms with Crippen LogP contribution in [0.15, 0.2) is 66.7 Å². The molecule has 7 nitrogen and oxygen atoms in total. The second-order valence-electron chi connectivity index (χ2n) is 7.14. The highest BCUT2D eigenvalue weighted by molar-refractivity contribution is 6.32. The number of carboxylic acid groups (broad SMARTS) is 1. The van der Waals surface area contributed by atoms with E-state index in [0.29, 0.717) is 27.6 Å². The van der Waals surface area contributed by atoms with Gasteiger partial charge in [0.15, 0.2) is 0 Å². The molecule has 0 saturated carbocycles. The van der Waals surface area contributed by atoms with Crippen molar-refractivity contribution in [3.8, 4) is 28.2 Å². The lowest BCUT2D eigenvalue weighted by molar-refractivity contribution is 0.0685. The van der Waals surface area contributed by atoms with Crippen molar-refractivity contribution < 1.29 is 9.90 Å². The fourth-order valence-electron chi connectivity index (χ4n) is 3.56. The molecule has 8 heteroatoms. The van der Waals surface area contributed by atoms with E-state index in [4.69, 9.17) is 11.6 Å². The highest BCUT2D eigenvalue weighted by atomic mass is 35.5. The van der Waals surface area contributed by atoms with Crippen LogP contribution in [0, 0.1) is 6.92 Å². The molecule has 0 fully saturated rings. The van der Waals surface area contributed by atoms with Gasteiger partial charge in [-0.25, -0.2) is 14.5 Å².